The highest BCUT2D eigenvalue weighted by atomic mass is 16.5. The van der Waals surface area contributed by atoms with Gasteiger partial charge in [0.1, 0.15) is 6.54 Å². The molecule has 0 aromatic carbocycles. The number of piperazine rings is 1. The van der Waals surface area contributed by atoms with Gasteiger partial charge >= 0.3 is 0 Å². The van der Waals surface area contributed by atoms with E-state index < -0.39 is 0 Å². The molecule has 0 radical (unpaired) electrons. The molecular weight excluding hydrogens is 368 g/mol. The van der Waals surface area contributed by atoms with Crippen molar-refractivity contribution in [2.45, 2.75) is 46.0 Å². The molecule has 1 aromatic heterocycles. The number of hydrogen-bond acceptors (Lipinski definition) is 4. The van der Waals surface area contributed by atoms with Crippen LogP contribution in [0.2, 0.25) is 0 Å². The van der Waals surface area contributed by atoms with Crippen molar-refractivity contribution in [3.63, 3.8) is 0 Å². The van der Waals surface area contributed by atoms with E-state index in [0.717, 1.165) is 50.9 Å². The molecule has 8 nitrogen and oxygen atoms in total. The van der Waals surface area contributed by atoms with Crippen LogP contribution in [0.25, 0.3) is 0 Å². The molecule has 1 aliphatic heterocycles. The Morgan fingerprint density at radius 2 is 2.10 bits per heavy atom. The molecular formula is C21H36N6O2. The number of hydrogen-bond donors (Lipinski definition) is 1. The number of aromatic nitrogens is 2. The topological polar surface area (TPSA) is 75.0 Å². The van der Waals surface area contributed by atoms with Crippen LogP contribution in [0.5, 0.6) is 0 Å². The number of nitrogens with one attached hydrogen (secondary N) is 1. The Morgan fingerprint density at radius 3 is 2.72 bits per heavy atom. The van der Waals surface area contributed by atoms with E-state index in [-0.39, 0.29) is 11.3 Å². The van der Waals surface area contributed by atoms with Gasteiger partial charge in [0.2, 0.25) is 5.91 Å². The summed E-state index contributed by atoms with van der Waals surface area (Å²) in [6.07, 6.45) is 9.69. The third-order valence-electron chi connectivity index (χ3n) is 6.07. The SMILES string of the molecule is CCNC(=NCC1(CCOCC)CCCC1)N1CCN(c2cnn(C)c2)C(=O)C1. The van der Waals surface area contributed by atoms with Crippen LogP contribution in [0.4, 0.5) is 5.69 Å². The predicted octanol–water partition coefficient (Wildman–Crippen LogP) is 2.02. The fraction of sp³-hybridized carbons (Fsp3) is 0.762. The van der Waals surface area contributed by atoms with Crippen LogP contribution < -0.4 is 10.2 Å². The van der Waals surface area contributed by atoms with Crippen molar-refractivity contribution < 1.29 is 9.53 Å². The van der Waals surface area contributed by atoms with E-state index >= 15 is 0 Å². The fourth-order valence-corrected chi connectivity index (χ4v) is 4.39. The molecule has 0 spiro atoms. The molecule has 0 atom stereocenters. The van der Waals surface area contributed by atoms with E-state index in [9.17, 15) is 4.79 Å². The molecule has 8 heteroatoms. The molecule has 29 heavy (non-hydrogen) atoms. The second kappa shape index (κ2) is 10.1. The van der Waals surface area contributed by atoms with E-state index in [1.165, 1.54) is 25.7 Å². The fourth-order valence-electron chi connectivity index (χ4n) is 4.39. The number of carbonyl (C=O) groups is 1. The average Bonchev–Trinajstić information content (AvgIpc) is 3.35. The summed E-state index contributed by atoms with van der Waals surface area (Å²) in [7, 11) is 1.87. The first-order chi connectivity index (χ1) is 14.1. The maximum Gasteiger partial charge on any atom is 0.246 e. The van der Waals surface area contributed by atoms with Crippen LogP contribution in [0.15, 0.2) is 17.4 Å². The zero-order valence-corrected chi connectivity index (χ0v) is 18.2. The number of carbonyl (C=O) groups excluding carboxylic acids is 1. The summed E-state index contributed by atoms with van der Waals surface area (Å²) in [5, 5.41) is 7.58. The van der Waals surface area contributed by atoms with E-state index in [2.05, 4.69) is 22.2 Å². The first-order valence-corrected chi connectivity index (χ1v) is 11.0. The quantitative estimate of drug-likeness (QED) is 0.408. The number of guanidine groups is 1. The van der Waals surface area contributed by atoms with Crippen molar-refractivity contribution in [3.05, 3.63) is 12.4 Å². The maximum absolute atomic E-state index is 12.8. The van der Waals surface area contributed by atoms with Crippen molar-refractivity contribution in [3.8, 4) is 0 Å². The Morgan fingerprint density at radius 1 is 1.31 bits per heavy atom. The van der Waals surface area contributed by atoms with E-state index in [1.54, 1.807) is 10.9 Å². The van der Waals surface area contributed by atoms with Gasteiger partial charge in [0.05, 0.1) is 11.9 Å². The Labute approximate surface area is 174 Å². The lowest BCUT2D eigenvalue weighted by Gasteiger charge is -2.36. The number of amides is 1. The summed E-state index contributed by atoms with van der Waals surface area (Å²) in [4.78, 5) is 21.7. The third-order valence-corrected chi connectivity index (χ3v) is 6.07. The van der Waals surface area contributed by atoms with Gasteiger partial charge in [0.15, 0.2) is 5.96 Å². The molecule has 2 aliphatic rings. The van der Waals surface area contributed by atoms with Gasteiger partial charge in [-0.25, -0.2) is 0 Å². The number of ether oxygens (including phenoxy) is 1. The highest BCUT2D eigenvalue weighted by molar-refractivity contribution is 5.98. The highest BCUT2D eigenvalue weighted by Gasteiger charge is 2.34. The molecule has 1 N–H and O–H groups in total. The molecule has 0 unspecified atom stereocenters. The molecule has 2 heterocycles. The van der Waals surface area contributed by atoms with Gasteiger partial charge in [-0.3, -0.25) is 14.5 Å². The van der Waals surface area contributed by atoms with Gasteiger partial charge in [0.25, 0.3) is 0 Å². The van der Waals surface area contributed by atoms with E-state index in [1.807, 2.05) is 25.1 Å². The molecule has 1 saturated carbocycles. The summed E-state index contributed by atoms with van der Waals surface area (Å²) in [6, 6.07) is 0. The van der Waals surface area contributed by atoms with Crippen molar-refractivity contribution in [1.82, 2.24) is 20.0 Å². The summed E-state index contributed by atoms with van der Waals surface area (Å²) >= 11 is 0. The van der Waals surface area contributed by atoms with E-state index in [4.69, 9.17) is 9.73 Å². The number of nitrogens with zero attached hydrogens (tertiary/aromatic N) is 5. The maximum atomic E-state index is 12.8. The van der Waals surface area contributed by atoms with Crippen LogP contribution in [0, 0.1) is 5.41 Å². The first-order valence-electron chi connectivity index (χ1n) is 11.0. The molecule has 2 fully saturated rings. The number of anilines is 1. The van der Waals surface area contributed by atoms with Crippen LogP contribution in [0.1, 0.15) is 46.0 Å². The molecule has 162 valence electrons. The minimum atomic E-state index is 0.0850. The van der Waals surface area contributed by atoms with Crippen molar-refractivity contribution in [1.29, 1.82) is 0 Å². The predicted molar refractivity (Wildman–Crippen MR) is 115 cm³/mol. The van der Waals surface area contributed by atoms with Crippen molar-refractivity contribution in [2.75, 3.05) is 50.8 Å². The standard InChI is InChI=1S/C21H36N6O2/c1-4-22-20(23-17-21(8-6-7-9-21)10-13-29-5-2)26-11-12-27(19(28)16-26)18-14-24-25(3)15-18/h14-15H,4-13,16-17H2,1-3H3,(H,22,23). The van der Waals surface area contributed by atoms with Gasteiger partial charge < -0.3 is 19.9 Å². The van der Waals surface area contributed by atoms with Gasteiger partial charge in [-0.2, -0.15) is 5.10 Å². The number of aliphatic imine (C=N–C) groups is 1. The molecule has 1 amide bonds. The van der Waals surface area contributed by atoms with Crippen LogP contribution in [-0.4, -0.2) is 72.5 Å². The minimum Gasteiger partial charge on any atom is -0.382 e. The Bertz CT molecular complexity index is 695. The van der Waals surface area contributed by atoms with Crippen LogP contribution in [0.3, 0.4) is 0 Å². The minimum absolute atomic E-state index is 0.0850. The average molecular weight is 405 g/mol. The van der Waals surface area contributed by atoms with Gasteiger partial charge in [-0.1, -0.05) is 12.8 Å². The molecule has 1 saturated heterocycles. The Balaban J connectivity index is 1.65. The lowest BCUT2D eigenvalue weighted by Crippen LogP contribution is -2.55. The lowest BCUT2D eigenvalue weighted by atomic mass is 9.83. The summed E-state index contributed by atoms with van der Waals surface area (Å²) in [6.45, 7) is 9.04. The normalized spacial score (nSPS) is 19.8. The molecule has 1 aliphatic carbocycles. The summed E-state index contributed by atoms with van der Waals surface area (Å²) < 4.78 is 7.36. The molecule has 3 rings (SSSR count). The zero-order chi connectivity index (χ0) is 20.7. The van der Waals surface area contributed by atoms with Crippen molar-refractivity contribution in [2.24, 2.45) is 17.5 Å². The molecule has 0 bridgehead atoms. The molecule has 1 aromatic rings. The lowest BCUT2D eigenvalue weighted by molar-refractivity contribution is -0.120. The zero-order valence-electron chi connectivity index (χ0n) is 18.2. The monoisotopic (exact) mass is 404 g/mol. The second-order valence-corrected chi connectivity index (χ2v) is 8.16. The number of rotatable bonds is 8. The van der Waals surface area contributed by atoms with Crippen molar-refractivity contribution >= 4 is 17.6 Å². The Kier molecular flexibility index (Phi) is 7.52. The largest absolute Gasteiger partial charge is 0.382 e. The second-order valence-electron chi connectivity index (χ2n) is 8.16. The number of aryl methyl sites for hydroxylation is 1. The summed E-state index contributed by atoms with van der Waals surface area (Å²) in [5.41, 5.74) is 1.11. The van der Waals surface area contributed by atoms with Crippen LogP contribution >= 0.6 is 0 Å². The smallest absolute Gasteiger partial charge is 0.246 e. The summed E-state index contributed by atoms with van der Waals surface area (Å²) in [5.74, 6) is 0.941. The van der Waals surface area contributed by atoms with Gasteiger partial charge in [-0.05, 0) is 38.5 Å². The third kappa shape index (κ3) is 5.50. The van der Waals surface area contributed by atoms with Gasteiger partial charge in [-0.15, -0.1) is 0 Å². The van der Waals surface area contributed by atoms with Gasteiger partial charge in [0, 0.05) is 52.6 Å². The Hall–Kier alpha value is -2.09. The highest BCUT2D eigenvalue weighted by Crippen LogP contribution is 2.41. The first kappa shape index (κ1) is 21.6. The van der Waals surface area contributed by atoms with Crippen LogP contribution in [-0.2, 0) is 16.6 Å². The van der Waals surface area contributed by atoms with E-state index in [0.29, 0.717) is 13.1 Å².